The van der Waals surface area contributed by atoms with Gasteiger partial charge in [0, 0.05) is 19.2 Å². The maximum absolute atomic E-state index is 12.9. The Labute approximate surface area is 157 Å². The van der Waals surface area contributed by atoms with Crippen LogP contribution in [0.3, 0.4) is 0 Å². The zero-order valence-corrected chi connectivity index (χ0v) is 15.5. The normalized spacial score (nSPS) is 22.8. The Morgan fingerprint density at radius 2 is 2.11 bits per heavy atom. The zero-order valence-electron chi connectivity index (χ0n) is 15.5. The molecular weight excluding hydrogens is 348 g/mol. The van der Waals surface area contributed by atoms with E-state index < -0.39 is 0 Å². The minimum atomic E-state index is -0.181. The van der Waals surface area contributed by atoms with Gasteiger partial charge in [-0.3, -0.25) is 4.79 Å². The van der Waals surface area contributed by atoms with E-state index in [2.05, 4.69) is 15.2 Å². The third-order valence-electron chi connectivity index (χ3n) is 5.09. The summed E-state index contributed by atoms with van der Waals surface area (Å²) in [6.07, 6.45) is 4.84. The van der Waals surface area contributed by atoms with Gasteiger partial charge in [0.25, 0.3) is 0 Å². The molecule has 0 radical (unpaired) electrons. The van der Waals surface area contributed by atoms with Gasteiger partial charge in [0.2, 0.25) is 23.6 Å². The highest BCUT2D eigenvalue weighted by molar-refractivity contribution is 5.78. The molecule has 0 N–H and O–H groups in total. The molecule has 2 atom stereocenters. The lowest BCUT2D eigenvalue weighted by Gasteiger charge is -2.33. The second kappa shape index (κ2) is 8.04. The number of hydrogen-bond acceptors (Lipinski definition) is 7. The molecule has 4 rings (SSSR count). The molecule has 0 unspecified atom stereocenters. The first-order chi connectivity index (χ1) is 13.2. The van der Waals surface area contributed by atoms with Gasteiger partial charge in [-0.2, -0.15) is 0 Å². The van der Waals surface area contributed by atoms with Crippen LogP contribution >= 0.6 is 0 Å². The van der Waals surface area contributed by atoms with Crippen molar-refractivity contribution in [3.05, 3.63) is 35.7 Å². The Morgan fingerprint density at radius 1 is 1.22 bits per heavy atom. The molecule has 0 aliphatic carbocycles. The maximum atomic E-state index is 12.9. The highest BCUT2D eigenvalue weighted by atomic mass is 16.5. The molecule has 27 heavy (non-hydrogen) atoms. The summed E-state index contributed by atoms with van der Waals surface area (Å²) in [5, 5.41) is 8.39. The number of methoxy groups -OCH3 is 1. The lowest BCUT2D eigenvalue weighted by molar-refractivity contribution is -0.135. The number of amides is 1. The van der Waals surface area contributed by atoms with Gasteiger partial charge < -0.3 is 18.8 Å². The molecule has 0 bridgehead atoms. The van der Waals surface area contributed by atoms with Crippen molar-refractivity contribution in [1.29, 1.82) is 0 Å². The minimum Gasteiger partial charge on any atom is -0.481 e. The molecule has 0 saturated carbocycles. The summed E-state index contributed by atoms with van der Waals surface area (Å²) in [5.41, 5.74) is 0.689. The first kappa shape index (κ1) is 17.9. The second-order valence-corrected chi connectivity index (χ2v) is 6.93. The Balaban J connectivity index is 1.49. The number of pyridine rings is 1. The van der Waals surface area contributed by atoms with Gasteiger partial charge in [0.1, 0.15) is 12.1 Å². The topological polar surface area (TPSA) is 90.6 Å². The van der Waals surface area contributed by atoms with E-state index in [1.54, 1.807) is 13.2 Å². The molecule has 0 spiro atoms. The van der Waals surface area contributed by atoms with Crippen LogP contribution in [0.25, 0.3) is 0 Å². The fourth-order valence-corrected chi connectivity index (χ4v) is 3.70. The van der Waals surface area contributed by atoms with E-state index in [-0.39, 0.29) is 24.5 Å². The van der Waals surface area contributed by atoms with Crippen molar-refractivity contribution in [2.24, 2.45) is 0 Å². The Kier molecular flexibility index (Phi) is 5.33. The Hall–Kier alpha value is -2.48. The summed E-state index contributed by atoms with van der Waals surface area (Å²) >= 11 is 0. The van der Waals surface area contributed by atoms with E-state index in [0.29, 0.717) is 29.9 Å². The molecule has 8 nitrogen and oxygen atoms in total. The summed E-state index contributed by atoms with van der Waals surface area (Å²) < 4.78 is 16.7. The number of aromatic nitrogens is 3. The zero-order chi connectivity index (χ0) is 18.6. The smallest absolute Gasteiger partial charge is 0.245 e. The largest absolute Gasteiger partial charge is 0.481 e. The number of ether oxygens (including phenoxy) is 2. The number of hydrogen-bond donors (Lipinski definition) is 0. The van der Waals surface area contributed by atoms with Gasteiger partial charge in [-0.1, -0.05) is 6.07 Å². The summed E-state index contributed by atoms with van der Waals surface area (Å²) in [4.78, 5) is 19.1. The van der Waals surface area contributed by atoms with Gasteiger partial charge in [0.15, 0.2) is 0 Å². The van der Waals surface area contributed by atoms with Crippen LogP contribution in [0.4, 0.5) is 0 Å². The van der Waals surface area contributed by atoms with Crippen LogP contribution in [0.15, 0.2) is 22.6 Å². The van der Waals surface area contributed by atoms with Gasteiger partial charge in [-0.05, 0) is 38.2 Å². The van der Waals surface area contributed by atoms with Crippen LogP contribution in [0.5, 0.6) is 5.88 Å². The number of carbonyl (C=O) groups is 1. The quantitative estimate of drug-likeness (QED) is 0.797. The van der Waals surface area contributed by atoms with Crippen molar-refractivity contribution in [2.45, 2.75) is 50.7 Å². The molecule has 0 aromatic carbocycles. The van der Waals surface area contributed by atoms with Crippen molar-refractivity contribution in [1.82, 2.24) is 20.1 Å². The molecule has 2 saturated heterocycles. The SMILES string of the molecule is COc1cccc(CC(=O)N2CCCC[C@@H]2c2nnc([C@H]3CCCO3)o2)n1. The predicted octanol–water partition coefficient (Wildman–Crippen LogP) is 2.62. The van der Waals surface area contributed by atoms with Crippen LogP contribution in [0.1, 0.15) is 61.7 Å². The van der Waals surface area contributed by atoms with Crippen LogP contribution in [-0.2, 0) is 16.0 Å². The standard InChI is InChI=1S/C19H24N4O4/c1-25-16-9-4-6-13(20-16)12-17(24)23-10-3-2-7-14(23)18-21-22-19(27-18)15-8-5-11-26-15/h4,6,9,14-15H,2-3,5,7-8,10-12H2,1H3/t14-,15-/m1/s1. The van der Waals surface area contributed by atoms with Crippen molar-refractivity contribution < 1.29 is 18.7 Å². The summed E-state index contributed by atoms with van der Waals surface area (Å²) in [5.74, 6) is 1.55. The van der Waals surface area contributed by atoms with Crippen molar-refractivity contribution in [3.63, 3.8) is 0 Å². The van der Waals surface area contributed by atoms with Crippen LogP contribution < -0.4 is 4.74 Å². The fraction of sp³-hybridized carbons (Fsp3) is 0.579. The van der Waals surface area contributed by atoms with Crippen molar-refractivity contribution >= 4 is 5.91 Å². The molecule has 8 heteroatoms. The lowest BCUT2D eigenvalue weighted by atomic mass is 10.0. The summed E-state index contributed by atoms with van der Waals surface area (Å²) in [6.45, 7) is 1.41. The fourth-order valence-electron chi connectivity index (χ4n) is 3.70. The van der Waals surface area contributed by atoms with E-state index in [0.717, 1.165) is 38.7 Å². The van der Waals surface area contributed by atoms with Gasteiger partial charge in [-0.15, -0.1) is 10.2 Å². The summed E-state index contributed by atoms with van der Waals surface area (Å²) in [6, 6.07) is 5.26. The summed E-state index contributed by atoms with van der Waals surface area (Å²) in [7, 11) is 1.57. The number of rotatable bonds is 5. The molecule has 144 valence electrons. The van der Waals surface area contributed by atoms with E-state index in [9.17, 15) is 4.79 Å². The number of carbonyl (C=O) groups excluding carboxylic acids is 1. The molecule has 2 aliphatic rings. The second-order valence-electron chi connectivity index (χ2n) is 6.93. The molecule has 2 aromatic rings. The predicted molar refractivity (Wildman–Crippen MR) is 95.0 cm³/mol. The number of likely N-dealkylation sites (tertiary alicyclic amines) is 1. The van der Waals surface area contributed by atoms with Crippen LogP contribution in [0, 0.1) is 0 Å². The van der Waals surface area contributed by atoms with Crippen LogP contribution in [-0.4, -0.2) is 46.2 Å². The Morgan fingerprint density at radius 3 is 2.93 bits per heavy atom. The average molecular weight is 372 g/mol. The first-order valence-corrected chi connectivity index (χ1v) is 9.49. The minimum absolute atomic E-state index is 0.0114. The monoisotopic (exact) mass is 372 g/mol. The molecule has 2 fully saturated rings. The molecule has 1 amide bonds. The molecule has 4 heterocycles. The van der Waals surface area contributed by atoms with E-state index in [1.807, 2.05) is 17.0 Å². The van der Waals surface area contributed by atoms with Crippen LogP contribution in [0.2, 0.25) is 0 Å². The lowest BCUT2D eigenvalue weighted by Crippen LogP contribution is -2.39. The number of piperidine rings is 1. The third kappa shape index (κ3) is 3.95. The Bertz CT molecular complexity index is 788. The van der Waals surface area contributed by atoms with Crippen molar-refractivity contribution in [3.8, 4) is 5.88 Å². The molecule has 2 aliphatic heterocycles. The van der Waals surface area contributed by atoms with Gasteiger partial charge in [0.05, 0.1) is 19.2 Å². The first-order valence-electron chi connectivity index (χ1n) is 9.49. The van der Waals surface area contributed by atoms with Crippen molar-refractivity contribution in [2.75, 3.05) is 20.3 Å². The van der Waals surface area contributed by atoms with E-state index in [4.69, 9.17) is 13.9 Å². The molecular formula is C19H24N4O4. The highest BCUT2D eigenvalue weighted by Gasteiger charge is 2.33. The van der Waals surface area contributed by atoms with E-state index >= 15 is 0 Å². The number of nitrogens with zero attached hydrogens (tertiary/aromatic N) is 4. The maximum Gasteiger partial charge on any atom is 0.245 e. The van der Waals surface area contributed by atoms with Gasteiger partial charge in [-0.25, -0.2) is 4.98 Å². The molecule has 2 aromatic heterocycles. The van der Waals surface area contributed by atoms with E-state index in [1.165, 1.54) is 0 Å². The average Bonchev–Trinajstić information content (AvgIpc) is 3.40. The van der Waals surface area contributed by atoms with Gasteiger partial charge >= 0.3 is 0 Å². The third-order valence-corrected chi connectivity index (χ3v) is 5.09. The highest BCUT2D eigenvalue weighted by Crippen LogP contribution is 2.33.